The molecule has 1 aromatic carbocycles. The number of benzene rings is 1. The third-order valence-corrected chi connectivity index (χ3v) is 5.17. The summed E-state index contributed by atoms with van der Waals surface area (Å²) in [6.45, 7) is 10.8. The monoisotopic (exact) mass is 351 g/mol. The summed E-state index contributed by atoms with van der Waals surface area (Å²) in [6.07, 6.45) is 3.12. The molecule has 1 saturated carbocycles. The van der Waals surface area contributed by atoms with Gasteiger partial charge in [0.25, 0.3) is 5.91 Å². The Kier molecular flexibility index (Phi) is 5.03. The number of aromatic nitrogens is 1. The van der Waals surface area contributed by atoms with E-state index in [9.17, 15) is 4.79 Å². The maximum atomic E-state index is 12.7. The van der Waals surface area contributed by atoms with Crippen LogP contribution in [0.25, 0.3) is 5.69 Å². The number of hydrazone groups is 1. The van der Waals surface area contributed by atoms with Crippen LogP contribution in [0.5, 0.6) is 0 Å². The first-order valence-corrected chi connectivity index (χ1v) is 9.37. The lowest BCUT2D eigenvalue weighted by atomic mass is 9.72. The topological polar surface area (TPSA) is 46.4 Å². The number of hydrogen-bond acceptors (Lipinski definition) is 2. The maximum absolute atomic E-state index is 12.7. The van der Waals surface area contributed by atoms with Gasteiger partial charge in [-0.15, -0.1) is 0 Å². The highest BCUT2D eigenvalue weighted by Crippen LogP contribution is 2.36. The Bertz CT molecular complexity index is 831. The molecule has 0 aliphatic heterocycles. The minimum atomic E-state index is -0.135. The lowest BCUT2D eigenvalue weighted by Crippen LogP contribution is -2.30. The third-order valence-electron chi connectivity index (χ3n) is 5.17. The van der Waals surface area contributed by atoms with Gasteiger partial charge in [0.05, 0.1) is 5.56 Å². The van der Waals surface area contributed by atoms with Gasteiger partial charge in [0.2, 0.25) is 0 Å². The van der Waals surface area contributed by atoms with Crippen molar-refractivity contribution >= 4 is 11.6 Å². The van der Waals surface area contributed by atoms with Crippen molar-refractivity contribution in [2.75, 3.05) is 0 Å². The van der Waals surface area contributed by atoms with E-state index in [0.29, 0.717) is 11.5 Å². The molecule has 1 heterocycles. The second-order valence-corrected chi connectivity index (χ2v) is 8.43. The lowest BCUT2D eigenvalue weighted by molar-refractivity contribution is 0.0953. The van der Waals surface area contributed by atoms with Gasteiger partial charge in [0.1, 0.15) is 0 Å². The van der Waals surface area contributed by atoms with E-state index >= 15 is 0 Å². The van der Waals surface area contributed by atoms with Gasteiger partial charge < -0.3 is 4.57 Å². The molecule has 1 aliphatic rings. The zero-order chi connectivity index (χ0) is 18.9. The average Bonchev–Trinajstić information content (AvgIpc) is 2.86. The number of rotatable bonds is 3. The van der Waals surface area contributed by atoms with E-state index in [1.54, 1.807) is 0 Å². The Labute approximate surface area is 156 Å². The minimum absolute atomic E-state index is 0.135. The van der Waals surface area contributed by atoms with E-state index in [-0.39, 0.29) is 11.3 Å². The average molecular weight is 351 g/mol. The first kappa shape index (κ1) is 18.4. The standard InChI is InChI=1S/C22H29N3O/c1-15-11-18(14-22(4,5)13-15)23-24-21(26)20-12-16(2)25(17(20)3)19-9-7-6-8-10-19/h6-10,12,15H,11,13-14H2,1-5H3,(H,24,26). The fourth-order valence-electron chi connectivity index (χ4n) is 4.36. The Balaban J connectivity index is 1.80. The molecule has 1 aromatic heterocycles. The van der Waals surface area contributed by atoms with E-state index in [2.05, 4.69) is 35.9 Å². The van der Waals surface area contributed by atoms with Crippen LogP contribution < -0.4 is 5.43 Å². The molecule has 1 aliphatic carbocycles. The molecule has 1 fully saturated rings. The van der Waals surface area contributed by atoms with Gasteiger partial charge in [-0.3, -0.25) is 4.79 Å². The molecule has 26 heavy (non-hydrogen) atoms. The van der Waals surface area contributed by atoms with Gasteiger partial charge in [-0.1, -0.05) is 39.0 Å². The van der Waals surface area contributed by atoms with Crippen molar-refractivity contribution in [2.24, 2.45) is 16.4 Å². The van der Waals surface area contributed by atoms with E-state index in [0.717, 1.165) is 35.6 Å². The van der Waals surface area contributed by atoms with Gasteiger partial charge in [0, 0.05) is 22.8 Å². The van der Waals surface area contributed by atoms with Crippen LogP contribution in [0.3, 0.4) is 0 Å². The molecule has 4 nitrogen and oxygen atoms in total. The molecule has 1 N–H and O–H groups in total. The molecule has 1 unspecified atom stereocenters. The highest BCUT2D eigenvalue weighted by molar-refractivity contribution is 5.97. The van der Waals surface area contributed by atoms with Gasteiger partial charge >= 0.3 is 0 Å². The number of nitrogens with zero attached hydrogens (tertiary/aromatic N) is 2. The van der Waals surface area contributed by atoms with Crippen molar-refractivity contribution in [2.45, 2.75) is 53.9 Å². The van der Waals surface area contributed by atoms with E-state index in [1.165, 1.54) is 6.42 Å². The summed E-state index contributed by atoms with van der Waals surface area (Å²) in [5, 5.41) is 4.47. The molecule has 3 rings (SSSR count). The van der Waals surface area contributed by atoms with E-state index in [4.69, 9.17) is 0 Å². The molecule has 0 radical (unpaired) electrons. The quantitative estimate of drug-likeness (QED) is 0.775. The van der Waals surface area contributed by atoms with Crippen molar-refractivity contribution in [3.8, 4) is 5.69 Å². The number of hydrogen-bond donors (Lipinski definition) is 1. The van der Waals surface area contributed by atoms with Crippen molar-refractivity contribution in [1.82, 2.24) is 9.99 Å². The molecule has 0 bridgehead atoms. The smallest absolute Gasteiger partial charge is 0.273 e. The summed E-state index contributed by atoms with van der Waals surface area (Å²) in [5.74, 6) is 0.473. The number of para-hydroxylation sites is 1. The van der Waals surface area contributed by atoms with Crippen molar-refractivity contribution in [1.29, 1.82) is 0 Å². The van der Waals surface area contributed by atoms with Crippen LogP contribution in [0.1, 0.15) is 61.8 Å². The second-order valence-electron chi connectivity index (χ2n) is 8.43. The van der Waals surface area contributed by atoms with Crippen LogP contribution in [0.15, 0.2) is 41.5 Å². The Hall–Kier alpha value is -2.36. The highest BCUT2D eigenvalue weighted by Gasteiger charge is 2.29. The first-order valence-electron chi connectivity index (χ1n) is 9.37. The number of nitrogens with one attached hydrogen (secondary N) is 1. The van der Waals surface area contributed by atoms with E-state index in [1.807, 2.05) is 50.2 Å². The first-order chi connectivity index (χ1) is 12.3. The second kappa shape index (κ2) is 7.10. The van der Waals surface area contributed by atoms with E-state index < -0.39 is 0 Å². The molecular weight excluding hydrogens is 322 g/mol. The molecular formula is C22H29N3O. The normalized spacial score (nSPS) is 21.0. The molecule has 1 amide bonds. The van der Waals surface area contributed by atoms with Crippen LogP contribution in [-0.4, -0.2) is 16.2 Å². The predicted octanol–water partition coefficient (Wildman–Crippen LogP) is 5.03. The largest absolute Gasteiger partial charge is 0.318 e. The summed E-state index contributed by atoms with van der Waals surface area (Å²) >= 11 is 0. The van der Waals surface area contributed by atoms with Crippen LogP contribution in [0, 0.1) is 25.2 Å². The van der Waals surface area contributed by atoms with Crippen LogP contribution in [0.2, 0.25) is 0 Å². The van der Waals surface area contributed by atoms with Crippen LogP contribution >= 0.6 is 0 Å². The zero-order valence-corrected chi connectivity index (χ0v) is 16.5. The minimum Gasteiger partial charge on any atom is -0.318 e. The fourth-order valence-corrected chi connectivity index (χ4v) is 4.36. The molecule has 2 aromatic rings. The Morgan fingerprint density at radius 2 is 1.92 bits per heavy atom. The summed E-state index contributed by atoms with van der Waals surface area (Å²) in [7, 11) is 0. The van der Waals surface area contributed by atoms with Gasteiger partial charge in [-0.25, -0.2) is 5.43 Å². The van der Waals surface area contributed by atoms with Crippen molar-refractivity contribution in [3.05, 3.63) is 53.3 Å². The predicted molar refractivity (Wildman–Crippen MR) is 107 cm³/mol. The van der Waals surface area contributed by atoms with Gasteiger partial charge in [0.15, 0.2) is 0 Å². The third kappa shape index (κ3) is 3.90. The van der Waals surface area contributed by atoms with Crippen LogP contribution in [-0.2, 0) is 0 Å². The van der Waals surface area contributed by atoms with Crippen molar-refractivity contribution < 1.29 is 4.79 Å². The SMILES string of the molecule is Cc1cc(C(=O)NN=C2CC(C)CC(C)(C)C2)c(C)n1-c1ccccc1. The molecule has 0 spiro atoms. The fraction of sp³-hybridized carbons (Fsp3) is 0.455. The molecule has 1 atom stereocenters. The summed E-state index contributed by atoms with van der Waals surface area (Å²) < 4.78 is 2.11. The lowest BCUT2D eigenvalue weighted by Gasteiger charge is -2.34. The summed E-state index contributed by atoms with van der Waals surface area (Å²) in [5.41, 5.74) is 7.87. The van der Waals surface area contributed by atoms with Crippen LogP contribution in [0.4, 0.5) is 0 Å². The van der Waals surface area contributed by atoms with Gasteiger partial charge in [-0.05, 0) is 62.6 Å². The molecule has 138 valence electrons. The maximum Gasteiger partial charge on any atom is 0.273 e. The summed E-state index contributed by atoms with van der Waals surface area (Å²) in [4.78, 5) is 12.7. The van der Waals surface area contributed by atoms with Gasteiger partial charge in [-0.2, -0.15) is 5.10 Å². The molecule has 4 heteroatoms. The number of carbonyl (C=O) groups is 1. The number of carbonyl (C=O) groups excluding carboxylic acids is 1. The van der Waals surface area contributed by atoms with Crippen molar-refractivity contribution in [3.63, 3.8) is 0 Å². The molecule has 0 saturated heterocycles. The number of amides is 1. The Morgan fingerprint density at radius 3 is 2.58 bits per heavy atom. The zero-order valence-electron chi connectivity index (χ0n) is 16.5. The Morgan fingerprint density at radius 1 is 1.23 bits per heavy atom. The highest BCUT2D eigenvalue weighted by atomic mass is 16.2. The number of aryl methyl sites for hydroxylation is 1. The summed E-state index contributed by atoms with van der Waals surface area (Å²) in [6, 6.07) is 12.0.